The molecule has 4 rings (SSSR count). The molecular weight excluding hydrogens is 490 g/mol. The van der Waals surface area contributed by atoms with E-state index in [0.29, 0.717) is 5.92 Å². The average Bonchev–Trinajstić information content (AvgIpc) is 3.23. The van der Waals surface area contributed by atoms with Crippen LogP contribution in [0.1, 0.15) is 35.7 Å². The second kappa shape index (κ2) is 10.3. The van der Waals surface area contributed by atoms with Crippen molar-refractivity contribution >= 4 is 46.3 Å². The molecule has 1 saturated heterocycles. The van der Waals surface area contributed by atoms with Crippen LogP contribution in [0.3, 0.4) is 0 Å². The van der Waals surface area contributed by atoms with E-state index in [1.165, 1.54) is 11.0 Å². The molecule has 0 bridgehead atoms. The van der Waals surface area contributed by atoms with Crippen molar-refractivity contribution in [2.75, 3.05) is 36.0 Å². The van der Waals surface area contributed by atoms with Crippen molar-refractivity contribution in [2.24, 2.45) is 11.7 Å². The number of alkyl halides is 2. The lowest BCUT2D eigenvalue weighted by molar-refractivity contribution is -0.122. The Morgan fingerprint density at radius 3 is 2.61 bits per heavy atom. The zero-order valence-corrected chi connectivity index (χ0v) is 20.5. The first-order chi connectivity index (χ1) is 17.1. The van der Waals surface area contributed by atoms with Gasteiger partial charge in [0.1, 0.15) is 0 Å². The van der Waals surface area contributed by atoms with Gasteiger partial charge >= 0.3 is 0 Å². The minimum Gasteiger partial charge on any atom is -0.371 e. The molecule has 0 unspecified atom stereocenters. The number of primary amides is 1. The molecular formula is C26H27ClF2N4O3. The van der Waals surface area contributed by atoms with Gasteiger partial charge in [-0.2, -0.15) is 0 Å². The summed E-state index contributed by atoms with van der Waals surface area (Å²) < 4.78 is 30.5. The lowest BCUT2D eigenvalue weighted by Crippen LogP contribution is -2.34. The van der Waals surface area contributed by atoms with Gasteiger partial charge in [0.15, 0.2) is 0 Å². The summed E-state index contributed by atoms with van der Waals surface area (Å²) in [4.78, 5) is 40.2. The van der Waals surface area contributed by atoms with Crippen LogP contribution >= 0.6 is 11.6 Å². The maximum atomic E-state index is 15.2. The van der Waals surface area contributed by atoms with Crippen molar-refractivity contribution in [3.05, 3.63) is 64.7 Å². The van der Waals surface area contributed by atoms with Gasteiger partial charge in [-0.05, 0) is 36.6 Å². The summed E-state index contributed by atoms with van der Waals surface area (Å²) in [6.07, 6.45) is 1.13. The van der Waals surface area contributed by atoms with Crippen LogP contribution in [0.2, 0.25) is 5.02 Å². The number of para-hydroxylation sites is 1. The number of nitrogens with one attached hydrogen (secondary N) is 1. The maximum Gasteiger partial charge on any atom is 0.275 e. The third-order valence-electron chi connectivity index (χ3n) is 6.46. The predicted molar refractivity (Wildman–Crippen MR) is 135 cm³/mol. The van der Waals surface area contributed by atoms with E-state index in [4.69, 9.17) is 17.3 Å². The van der Waals surface area contributed by atoms with Crippen molar-refractivity contribution in [3.63, 3.8) is 0 Å². The second-order valence-corrected chi connectivity index (χ2v) is 9.58. The van der Waals surface area contributed by atoms with Crippen LogP contribution in [0.4, 0.5) is 20.2 Å². The molecule has 0 radical (unpaired) electrons. The summed E-state index contributed by atoms with van der Waals surface area (Å²) in [7, 11) is 0. The average molecular weight is 517 g/mol. The van der Waals surface area contributed by atoms with Crippen LogP contribution in [-0.2, 0) is 9.59 Å². The number of nitrogens with zero attached hydrogens (tertiary/aromatic N) is 2. The smallest absolute Gasteiger partial charge is 0.275 e. The SMILES string of the molecule is C[C@@H]1CCN(c2ccc(C(=O)N3CCC(F)(F)C(=CC(=O)NCC(N)=O)c4ccccc43)c(Cl)c2)C1. The fourth-order valence-corrected chi connectivity index (χ4v) is 4.84. The summed E-state index contributed by atoms with van der Waals surface area (Å²) in [6.45, 7) is 3.22. The zero-order valence-electron chi connectivity index (χ0n) is 19.8. The first-order valence-electron chi connectivity index (χ1n) is 11.7. The predicted octanol–water partition coefficient (Wildman–Crippen LogP) is 3.86. The third-order valence-corrected chi connectivity index (χ3v) is 6.77. The summed E-state index contributed by atoms with van der Waals surface area (Å²) in [5, 5.41) is 2.43. The Morgan fingerprint density at radius 1 is 1.19 bits per heavy atom. The summed E-state index contributed by atoms with van der Waals surface area (Å²) in [5.74, 6) is -5.03. The fourth-order valence-electron chi connectivity index (χ4n) is 4.58. The Morgan fingerprint density at radius 2 is 1.94 bits per heavy atom. The minimum atomic E-state index is -3.41. The molecule has 3 N–H and O–H groups in total. The standard InChI is InChI=1S/C26H27ClF2N4O3/c1-16-8-10-32(15-16)17-6-7-19(21(27)12-17)25(36)33-11-9-26(28,29)20(13-24(35)31-14-23(30)34)18-4-2-3-5-22(18)33/h2-7,12-13,16H,8-11,14-15H2,1H3,(H2,30,34)(H,31,35)/t16-/m1/s1. The van der Waals surface area contributed by atoms with E-state index >= 15 is 8.78 Å². The highest BCUT2D eigenvalue weighted by Crippen LogP contribution is 2.43. The molecule has 0 spiro atoms. The second-order valence-electron chi connectivity index (χ2n) is 9.17. The van der Waals surface area contributed by atoms with Gasteiger partial charge in [0.05, 0.1) is 22.8 Å². The molecule has 190 valence electrons. The Balaban J connectivity index is 1.68. The van der Waals surface area contributed by atoms with Crippen LogP contribution in [0.5, 0.6) is 0 Å². The van der Waals surface area contributed by atoms with Crippen LogP contribution in [0.15, 0.2) is 48.5 Å². The van der Waals surface area contributed by atoms with E-state index in [9.17, 15) is 14.4 Å². The van der Waals surface area contributed by atoms with E-state index < -0.39 is 42.2 Å². The summed E-state index contributed by atoms with van der Waals surface area (Å²) in [6, 6.07) is 11.4. The number of hydrogen-bond acceptors (Lipinski definition) is 4. The van der Waals surface area contributed by atoms with Crippen LogP contribution < -0.4 is 20.9 Å². The fraction of sp³-hybridized carbons (Fsp3) is 0.346. The van der Waals surface area contributed by atoms with Gasteiger partial charge in [-0.25, -0.2) is 8.78 Å². The van der Waals surface area contributed by atoms with E-state index in [1.807, 2.05) is 6.07 Å². The molecule has 1 atom stereocenters. The van der Waals surface area contributed by atoms with Crippen LogP contribution in [0, 0.1) is 5.92 Å². The Kier molecular flexibility index (Phi) is 7.31. The van der Waals surface area contributed by atoms with E-state index in [0.717, 1.165) is 31.3 Å². The van der Waals surface area contributed by atoms with Crippen molar-refractivity contribution in [3.8, 4) is 0 Å². The van der Waals surface area contributed by atoms with Crippen molar-refractivity contribution in [2.45, 2.75) is 25.7 Å². The molecule has 7 nitrogen and oxygen atoms in total. The van der Waals surface area contributed by atoms with Gasteiger partial charge < -0.3 is 20.9 Å². The number of anilines is 2. The molecule has 0 saturated carbocycles. The number of halogens is 3. The number of hydrogen-bond donors (Lipinski definition) is 2. The molecule has 2 aromatic rings. The first-order valence-corrected chi connectivity index (χ1v) is 12.1. The molecule has 36 heavy (non-hydrogen) atoms. The lowest BCUT2D eigenvalue weighted by atomic mass is 9.97. The molecule has 2 aromatic carbocycles. The molecule has 0 aromatic heterocycles. The van der Waals surface area contributed by atoms with E-state index in [1.54, 1.807) is 30.3 Å². The van der Waals surface area contributed by atoms with Gasteiger partial charge in [-0.1, -0.05) is 36.7 Å². The molecule has 0 aliphatic carbocycles. The normalized spacial score (nSPS) is 20.1. The first kappa shape index (κ1) is 25.6. The Hall–Kier alpha value is -3.46. The molecule has 2 aliphatic rings. The summed E-state index contributed by atoms with van der Waals surface area (Å²) in [5.41, 5.74) is 5.88. The highest BCUT2D eigenvalue weighted by Gasteiger charge is 2.41. The highest BCUT2D eigenvalue weighted by atomic mass is 35.5. The topological polar surface area (TPSA) is 95.7 Å². The van der Waals surface area contributed by atoms with Crippen LogP contribution in [-0.4, -0.2) is 49.8 Å². The summed E-state index contributed by atoms with van der Waals surface area (Å²) >= 11 is 6.52. The van der Waals surface area contributed by atoms with Crippen molar-refractivity contribution in [1.82, 2.24) is 5.32 Å². The lowest BCUT2D eigenvalue weighted by Gasteiger charge is -2.24. The van der Waals surface area contributed by atoms with Crippen molar-refractivity contribution < 1.29 is 23.2 Å². The van der Waals surface area contributed by atoms with E-state index in [2.05, 4.69) is 17.1 Å². The number of rotatable bonds is 5. The van der Waals surface area contributed by atoms with Gasteiger partial charge in [0.2, 0.25) is 11.8 Å². The van der Waals surface area contributed by atoms with Crippen molar-refractivity contribution in [1.29, 1.82) is 0 Å². The van der Waals surface area contributed by atoms with Gasteiger partial charge in [0.25, 0.3) is 11.8 Å². The van der Waals surface area contributed by atoms with Crippen LogP contribution in [0.25, 0.3) is 5.57 Å². The largest absolute Gasteiger partial charge is 0.371 e. The molecule has 3 amide bonds. The van der Waals surface area contributed by atoms with Gasteiger partial charge in [-0.3, -0.25) is 14.4 Å². The quantitative estimate of drug-likeness (QED) is 0.590. The number of carbonyl (C=O) groups is 3. The zero-order chi connectivity index (χ0) is 26.0. The van der Waals surface area contributed by atoms with E-state index in [-0.39, 0.29) is 28.4 Å². The Labute approximate surface area is 212 Å². The number of fused-ring (bicyclic) bond motifs is 1. The number of amides is 3. The van der Waals surface area contributed by atoms with Gasteiger partial charge in [-0.15, -0.1) is 0 Å². The monoisotopic (exact) mass is 516 g/mol. The number of nitrogens with two attached hydrogens (primary N) is 1. The maximum absolute atomic E-state index is 15.2. The van der Waals surface area contributed by atoms with Gasteiger partial charge in [0, 0.05) is 49.0 Å². The highest BCUT2D eigenvalue weighted by molar-refractivity contribution is 6.35. The Bertz CT molecular complexity index is 1230. The third kappa shape index (κ3) is 5.36. The molecule has 10 heteroatoms. The molecule has 2 aliphatic heterocycles. The minimum absolute atomic E-state index is 0.0429. The molecule has 1 fully saturated rings. The number of carbonyl (C=O) groups excluding carboxylic acids is 3. The number of allylic oxidation sites excluding steroid dienone is 1. The molecule has 2 heterocycles. The number of benzene rings is 2.